The molecule has 1 aliphatic rings. The molecule has 19 heavy (non-hydrogen) atoms. The molecule has 1 saturated heterocycles. The summed E-state index contributed by atoms with van der Waals surface area (Å²) in [5.74, 6) is -0.184. The summed E-state index contributed by atoms with van der Waals surface area (Å²) in [5, 5.41) is 8.92. The second-order valence-corrected chi connectivity index (χ2v) is 4.42. The van der Waals surface area contributed by atoms with Gasteiger partial charge in [-0.3, -0.25) is 0 Å². The highest BCUT2D eigenvalue weighted by atomic mass is 19.4. The Balaban J connectivity index is 2.23. The molecule has 1 aromatic carbocycles. The molecule has 1 fully saturated rings. The summed E-state index contributed by atoms with van der Waals surface area (Å²) in [6.45, 7) is 0.572. The third-order valence-corrected chi connectivity index (χ3v) is 2.99. The fraction of sp³-hybridized carbons (Fsp3) is 0.538. The van der Waals surface area contributed by atoms with Crippen LogP contribution in [-0.4, -0.2) is 24.4 Å². The molecule has 2 rings (SSSR count). The van der Waals surface area contributed by atoms with Gasteiger partial charge in [0.05, 0.1) is 25.4 Å². The number of halogens is 3. The van der Waals surface area contributed by atoms with Crippen molar-refractivity contribution in [1.82, 2.24) is 0 Å². The normalized spacial score (nSPS) is 17.5. The Morgan fingerprint density at radius 1 is 1.26 bits per heavy atom. The Kier molecular flexibility index (Phi) is 4.31. The van der Waals surface area contributed by atoms with Gasteiger partial charge in [-0.15, -0.1) is 0 Å². The number of hydrogen-bond acceptors (Lipinski definition) is 3. The predicted molar refractivity (Wildman–Crippen MR) is 61.8 cm³/mol. The van der Waals surface area contributed by atoms with E-state index in [4.69, 9.17) is 14.6 Å². The van der Waals surface area contributed by atoms with Crippen molar-refractivity contribution < 1.29 is 27.8 Å². The van der Waals surface area contributed by atoms with Crippen LogP contribution in [0.1, 0.15) is 24.0 Å². The van der Waals surface area contributed by atoms with Crippen molar-refractivity contribution in [3.63, 3.8) is 0 Å². The van der Waals surface area contributed by atoms with Gasteiger partial charge >= 0.3 is 6.18 Å². The van der Waals surface area contributed by atoms with Crippen LogP contribution in [0, 0.1) is 0 Å². The predicted octanol–water partition coefficient (Wildman–Crippen LogP) is 2.76. The van der Waals surface area contributed by atoms with Crippen molar-refractivity contribution in [2.24, 2.45) is 0 Å². The van der Waals surface area contributed by atoms with E-state index in [2.05, 4.69) is 0 Å². The maximum atomic E-state index is 12.9. The van der Waals surface area contributed by atoms with E-state index >= 15 is 0 Å². The first kappa shape index (κ1) is 14.1. The van der Waals surface area contributed by atoms with Crippen LogP contribution in [0.3, 0.4) is 0 Å². The molecule has 0 aromatic heterocycles. The lowest BCUT2D eigenvalue weighted by Crippen LogP contribution is -2.26. The van der Waals surface area contributed by atoms with Gasteiger partial charge in [-0.1, -0.05) is 6.07 Å². The summed E-state index contributed by atoms with van der Waals surface area (Å²) in [5.41, 5.74) is -0.628. The molecule has 3 nitrogen and oxygen atoms in total. The lowest BCUT2D eigenvalue weighted by molar-refractivity contribution is -0.139. The standard InChI is InChI=1S/C13H15F3O3/c14-13(15,16)11-7-9(8-17)1-2-12(11)19-10-3-5-18-6-4-10/h1-2,7,10,17H,3-6,8H2. The first-order chi connectivity index (χ1) is 9.00. The van der Waals surface area contributed by atoms with Crippen LogP contribution in [-0.2, 0) is 17.5 Å². The molecule has 0 saturated carbocycles. The second-order valence-electron chi connectivity index (χ2n) is 4.42. The number of ether oxygens (including phenoxy) is 2. The maximum Gasteiger partial charge on any atom is 0.419 e. The smallest absolute Gasteiger partial charge is 0.419 e. The maximum absolute atomic E-state index is 12.9. The Hall–Kier alpha value is -1.27. The number of aliphatic hydroxyl groups excluding tert-OH is 1. The number of rotatable bonds is 3. The van der Waals surface area contributed by atoms with Gasteiger partial charge in [-0.2, -0.15) is 13.2 Å². The Bertz CT molecular complexity index is 426. The molecule has 0 unspecified atom stereocenters. The van der Waals surface area contributed by atoms with Crippen LogP contribution in [0.2, 0.25) is 0 Å². The van der Waals surface area contributed by atoms with Gasteiger partial charge in [-0.05, 0) is 17.7 Å². The zero-order valence-corrected chi connectivity index (χ0v) is 10.2. The summed E-state index contributed by atoms with van der Waals surface area (Å²) in [7, 11) is 0. The molecule has 1 heterocycles. The van der Waals surface area contributed by atoms with Gasteiger partial charge in [0.15, 0.2) is 0 Å². The first-order valence-corrected chi connectivity index (χ1v) is 6.06. The monoisotopic (exact) mass is 276 g/mol. The summed E-state index contributed by atoms with van der Waals surface area (Å²) < 4.78 is 49.4. The molecule has 0 atom stereocenters. The number of benzene rings is 1. The van der Waals surface area contributed by atoms with Crippen LogP contribution < -0.4 is 4.74 Å². The molecule has 0 radical (unpaired) electrons. The van der Waals surface area contributed by atoms with Crippen molar-refractivity contribution >= 4 is 0 Å². The zero-order chi connectivity index (χ0) is 13.9. The van der Waals surface area contributed by atoms with E-state index < -0.39 is 18.3 Å². The molecule has 1 N–H and O–H groups in total. The van der Waals surface area contributed by atoms with E-state index in [1.165, 1.54) is 12.1 Å². The number of aliphatic hydroxyl groups is 1. The van der Waals surface area contributed by atoms with Crippen molar-refractivity contribution in [3.8, 4) is 5.75 Å². The van der Waals surface area contributed by atoms with Crippen LogP contribution >= 0.6 is 0 Å². The summed E-state index contributed by atoms with van der Waals surface area (Å²) >= 11 is 0. The summed E-state index contributed by atoms with van der Waals surface area (Å²) in [4.78, 5) is 0. The Morgan fingerprint density at radius 2 is 1.95 bits per heavy atom. The average molecular weight is 276 g/mol. The molecule has 0 spiro atoms. The van der Waals surface area contributed by atoms with Crippen molar-refractivity contribution in [2.75, 3.05) is 13.2 Å². The summed E-state index contributed by atoms with van der Waals surface area (Å²) in [6.07, 6.45) is -3.58. The van der Waals surface area contributed by atoms with Gasteiger partial charge in [0, 0.05) is 12.8 Å². The van der Waals surface area contributed by atoms with E-state index in [1.54, 1.807) is 0 Å². The molecule has 1 aliphatic heterocycles. The summed E-state index contributed by atoms with van der Waals surface area (Å²) in [6, 6.07) is 3.63. The minimum absolute atomic E-state index is 0.184. The molecule has 0 amide bonds. The van der Waals surface area contributed by atoms with Gasteiger partial charge in [0.25, 0.3) is 0 Å². The quantitative estimate of drug-likeness (QED) is 0.922. The van der Waals surface area contributed by atoms with Crippen LogP contribution in [0.15, 0.2) is 18.2 Å². The molecule has 106 valence electrons. The fourth-order valence-corrected chi connectivity index (χ4v) is 1.97. The van der Waals surface area contributed by atoms with Gasteiger partial charge < -0.3 is 14.6 Å². The van der Waals surface area contributed by atoms with Gasteiger partial charge in [0.1, 0.15) is 11.9 Å². The lowest BCUT2D eigenvalue weighted by atomic mass is 10.1. The lowest BCUT2D eigenvalue weighted by Gasteiger charge is -2.25. The van der Waals surface area contributed by atoms with E-state index in [0.717, 1.165) is 6.07 Å². The van der Waals surface area contributed by atoms with Crippen molar-refractivity contribution in [3.05, 3.63) is 29.3 Å². The molecular weight excluding hydrogens is 261 g/mol. The minimum Gasteiger partial charge on any atom is -0.490 e. The Morgan fingerprint density at radius 3 is 2.53 bits per heavy atom. The molecule has 6 heteroatoms. The minimum atomic E-state index is -4.49. The number of alkyl halides is 3. The highest BCUT2D eigenvalue weighted by Crippen LogP contribution is 2.37. The SMILES string of the molecule is OCc1ccc(OC2CCOCC2)c(C(F)(F)F)c1. The van der Waals surface area contributed by atoms with E-state index in [-0.39, 0.29) is 17.4 Å². The van der Waals surface area contributed by atoms with Gasteiger partial charge in [0.2, 0.25) is 0 Å². The first-order valence-electron chi connectivity index (χ1n) is 6.06. The second kappa shape index (κ2) is 5.79. The van der Waals surface area contributed by atoms with E-state index in [1.807, 2.05) is 0 Å². The topological polar surface area (TPSA) is 38.7 Å². The highest BCUT2D eigenvalue weighted by Gasteiger charge is 2.35. The Labute approximate surface area is 108 Å². The molecule has 0 bridgehead atoms. The third kappa shape index (κ3) is 3.61. The average Bonchev–Trinajstić information content (AvgIpc) is 2.39. The van der Waals surface area contributed by atoms with Crippen molar-refractivity contribution in [1.29, 1.82) is 0 Å². The largest absolute Gasteiger partial charge is 0.490 e. The van der Waals surface area contributed by atoms with Crippen molar-refractivity contribution in [2.45, 2.75) is 31.7 Å². The zero-order valence-electron chi connectivity index (χ0n) is 10.2. The van der Waals surface area contributed by atoms with E-state index in [0.29, 0.717) is 26.1 Å². The van der Waals surface area contributed by atoms with Crippen LogP contribution in [0.25, 0.3) is 0 Å². The molecule has 1 aromatic rings. The molecular formula is C13H15F3O3. The van der Waals surface area contributed by atoms with E-state index in [9.17, 15) is 13.2 Å². The highest BCUT2D eigenvalue weighted by molar-refractivity contribution is 5.39. The van der Waals surface area contributed by atoms with Crippen LogP contribution in [0.4, 0.5) is 13.2 Å². The fourth-order valence-electron chi connectivity index (χ4n) is 1.97. The molecule has 0 aliphatic carbocycles. The number of hydrogen-bond donors (Lipinski definition) is 1. The third-order valence-electron chi connectivity index (χ3n) is 2.99. The van der Waals surface area contributed by atoms with Crippen LogP contribution in [0.5, 0.6) is 5.75 Å². The van der Waals surface area contributed by atoms with Gasteiger partial charge in [-0.25, -0.2) is 0 Å².